The molecule has 0 radical (unpaired) electrons. The summed E-state index contributed by atoms with van der Waals surface area (Å²) in [7, 11) is 1.70. The monoisotopic (exact) mass is 343 g/mol. The zero-order valence-electron chi connectivity index (χ0n) is 15.1. The van der Waals surface area contributed by atoms with Crippen LogP contribution in [-0.2, 0) is 17.8 Å². The van der Waals surface area contributed by atoms with Crippen molar-refractivity contribution in [1.82, 2.24) is 24.9 Å². The van der Waals surface area contributed by atoms with Gasteiger partial charge in [-0.15, -0.1) is 5.10 Å². The molecular weight excluding hydrogens is 318 g/mol. The van der Waals surface area contributed by atoms with Gasteiger partial charge < -0.3 is 14.6 Å². The Kier molecular flexibility index (Phi) is 4.11. The van der Waals surface area contributed by atoms with Gasteiger partial charge in [-0.25, -0.2) is 4.68 Å². The van der Waals surface area contributed by atoms with Crippen molar-refractivity contribution >= 4 is 5.91 Å². The number of aryl methyl sites for hydroxylation is 2. The number of rotatable bonds is 5. The first-order valence-corrected chi connectivity index (χ1v) is 8.93. The molecule has 1 atom stereocenters. The van der Waals surface area contributed by atoms with E-state index < -0.39 is 0 Å². The van der Waals surface area contributed by atoms with Crippen LogP contribution < -0.4 is 0 Å². The molecule has 0 saturated heterocycles. The van der Waals surface area contributed by atoms with Gasteiger partial charge in [-0.05, 0) is 38.7 Å². The fourth-order valence-electron chi connectivity index (χ4n) is 3.80. The molecule has 2 aromatic heterocycles. The normalized spacial score (nSPS) is 20.0. The SMILES string of the molecule is COCC1CN(C(=O)c2cc(C)[nH]c2C)Cc2nnn(CC3CC3)c21. The van der Waals surface area contributed by atoms with Gasteiger partial charge in [-0.1, -0.05) is 5.21 Å². The number of nitrogens with zero attached hydrogens (tertiary/aromatic N) is 4. The molecule has 1 aliphatic carbocycles. The highest BCUT2D eigenvalue weighted by Gasteiger charge is 2.35. The number of fused-ring (bicyclic) bond motifs is 1. The second kappa shape index (κ2) is 6.29. The van der Waals surface area contributed by atoms with Crippen molar-refractivity contribution in [3.8, 4) is 0 Å². The van der Waals surface area contributed by atoms with Gasteiger partial charge >= 0.3 is 0 Å². The Morgan fingerprint density at radius 1 is 1.40 bits per heavy atom. The van der Waals surface area contributed by atoms with Crippen LogP contribution in [0.5, 0.6) is 0 Å². The van der Waals surface area contributed by atoms with E-state index in [0.29, 0.717) is 19.7 Å². The Balaban J connectivity index is 1.61. The molecule has 0 bridgehead atoms. The highest BCUT2D eigenvalue weighted by molar-refractivity contribution is 5.95. The number of hydrogen-bond donors (Lipinski definition) is 1. The molecule has 0 spiro atoms. The van der Waals surface area contributed by atoms with Gasteiger partial charge in [-0.2, -0.15) is 0 Å². The lowest BCUT2D eigenvalue weighted by Crippen LogP contribution is -2.40. The second-order valence-corrected chi connectivity index (χ2v) is 7.38. The van der Waals surface area contributed by atoms with E-state index in [0.717, 1.165) is 40.8 Å². The number of H-pyrrole nitrogens is 1. The van der Waals surface area contributed by atoms with Gasteiger partial charge in [-0.3, -0.25) is 4.79 Å². The summed E-state index contributed by atoms with van der Waals surface area (Å²) < 4.78 is 7.48. The fourth-order valence-corrected chi connectivity index (χ4v) is 3.80. The summed E-state index contributed by atoms with van der Waals surface area (Å²) in [6.45, 7) is 6.57. The van der Waals surface area contributed by atoms with Gasteiger partial charge in [0.1, 0.15) is 5.69 Å². The molecule has 7 nitrogen and oxygen atoms in total. The molecule has 134 valence electrons. The predicted octanol–water partition coefficient (Wildman–Crippen LogP) is 2.02. The lowest BCUT2D eigenvalue weighted by Gasteiger charge is -2.32. The minimum atomic E-state index is 0.0466. The summed E-state index contributed by atoms with van der Waals surface area (Å²) in [5.41, 5.74) is 4.71. The zero-order chi connectivity index (χ0) is 17.6. The standard InChI is InChI=1S/C18H25N5O2/c1-11-6-15(12(2)19-11)18(24)22-8-14(10-25-3)17-16(9-22)20-21-23(17)7-13-4-5-13/h6,13-14,19H,4-5,7-10H2,1-3H3. The summed E-state index contributed by atoms with van der Waals surface area (Å²) in [6, 6.07) is 1.92. The third-order valence-electron chi connectivity index (χ3n) is 5.18. The van der Waals surface area contributed by atoms with Crippen LogP contribution in [0.25, 0.3) is 0 Å². The predicted molar refractivity (Wildman–Crippen MR) is 92.4 cm³/mol. The molecule has 2 aromatic rings. The molecular formula is C18H25N5O2. The number of aromatic amines is 1. The number of methoxy groups -OCH3 is 1. The van der Waals surface area contributed by atoms with Crippen molar-refractivity contribution in [1.29, 1.82) is 0 Å². The molecule has 7 heteroatoms. The van der Waals surface area contributed by atoms with Crippen LogP contribution in [0.3, 0.4) is 0 Å². The Morgan fingerprint density at radius 3 is 2.84 bits per heavy atom. The first kappa shape index (κ1) is 16.3. The van der Waals surface area contributed by atoms with Crippen molar-refractivity contribution in [2.24, 2.45) is 5.92 Å². The zero-order valence-corrected chi connectivity index (χ0v) is 15.1. The van der Waals surface area contributed by atoms with Crippen molar-refractivity contribution in [3.05, 3.63) is 34.4 Å². The van der Waals surface area contributed by atoms with E-state index in [2.05, 4.69) is 15.3 Å². The van der Waals surface area contributed by atoms with E-state index in [4.69, 9.17) is 4.74 Å². The molecule has 4 rings (SSSR count). The topological polar surface area (TPSA) is 76.0 Å². The first-order chi connectivity index (χ1) is 12.1. The molecule has 3 heterocycles. The van der Waals surface area contributed by atoms with Crippen molar-refractivity contribution < 1.29 is 9.53 Å². The summed E-state index contributed by atoms with van der Waals surface area (Å²) >= 11 is 0. The largest absolute Gasteiger partial charge is 0.384 e. The average Bonchev–Trinajstić information content (AvgIpc) is 3.20. The van der Waals surface area contributed by atoms with Crippen molar-refractivity contribution in [2.45, 2.75) is 45.7 Å². The molecule has 1 amide bonds. The molecule has 2 aliphatic rings. The second-order valence-electron chi connectivity index (χ2n) is 7.38. The van der Waals surface area contributed by atoms with Gasteiger partial charge in [0.15, 0.2) is 0 Å². The van der Waals surface area contributed by atoms with Crippen molar-refractivity contribution in [2.75, 3.05) is 20.3 Å². The van der Waals surface area contributed by atoms with E-state index in [9.17, 15) is 4.79 Å². The van der Waals surface area contributed by atoms with Crippen molar-refractivity contribution in [3.63, 3.8) is 0 Å². The van der Waals surface area contributed by atoms with Crippen LogP contribution in [0.4, 0.5) is 0 Å². The molecule has 1 unspecified atom stereocenters. The Labute approximate surface area is 147 Å². The van der Waals surface area contributed by atoms with E-state index >= 15 is 0 Å². The number of hydrogen-bond acceptors (Lipinski definition) is 4. The number of ether oxygens (including phenoxy) is 1. The summed E-state index contributed by atoms with van der Waals surface area (Å²) in [5, 5.41) is 8.75. The summed E-state index contributed by atoms with van der Waals surface area (Å²) in [5.74, 6) is 0.899. The van der Waals surface area contributed by atoms with Gasteiger partial charge in [0.2, 0.25) is 0 Å². The minimum Gasteiger partial charge on any atom is -0.384 e. The van der Waals surface area contributed by atoms with Crippen LogP contribution in [0.2, 0.25) is 0 Å². The van der Waals surface area contributed by atoms with Crippen LogP contribution >= 0.6 is 0 Å². The maximum Gasteiger partial charge on any atom is 0.256 e. The number of nitrogens with one attached hydrogen (secondary N) is 1. The summed E-state index contributed by atoms with van der Waals surface area (Å²) in [4.78, 5) is 18.1. The lowest BCUT2D eigenvalue weighted by molar-refractivity contribution is 0.0671. The Bertz CT molecular complexity index is 789. The highest BCUT2D eigenvalue weighted by atomic mass is 16.5. The number of amides is 1. The minimum absolute atomic E-state index is 0.0466. The van der Waals surface area contributed by atoms with Gasteiger partial charge in [0, 0.05) is 37.5 Å². The summed E-state index contributed by atoms with van der Waals surface area (Å²) in [6.07, 6.45) is 2.56. The van der Waals surface area contributed by atoms with E-state index in [1.807, 2.05) is 29.5 Å². The van der Waals surface area contributed by atoms with Crippen LogP contribution in [0, 0.1) is 19.8 Å². The third-order valence-corrected chi connectivity index (χ3v) is 5.18. The Morgan fingerprint density at radius 2 is 2.20 bits per heavy atom. The number of carbonyl (C=O) groups excluding carboxylic acids is 1. The molecule has 0 aromatic carbocycles. The third kappa shape index (κ3) is 3.08. The van der Waals surface area contributed by atoms with Crippen LogP contribution in [0.1, 0.15) is 51.9 Å². The molecule has 1 saturated carbocycles. The van der Waals surface area contributed by atoms with Gasteiger partial charge in [0.25, 0.3) is 5.91 Å². The smallest absolute Gasteiger partial charge is 0.256 e. The maximum atomic E-state index is 13.0. The quantitative estimate of drug-likeness (QED) is 0.901. The lowest BCUT2D eigenvalue weighted by atomic mass is 9.98. The highest BCUT2D eigenvalue weighted by Crippen LogP contribution is 2.34. The number of aromatic nitrogens is 4. The average molecular weight is 343 g/mol. The van der Waals surface area contributed by atoms with E-state index in [-0.39, 0.29) is 11.8 Å². The fraction of sp³-hybridized carbons (Fsp3) is 0.611. The Hall–Kier alpha value is -2.15. The maximum absolute atomic E-state index is 13.0. The molecule has 1 fully saturated rings. The molecule has 25 heavy (non-hydrogen) atoms. The van der Waals surface area contributed by atoms with Crippen LogP contribution in [-0.4, -0.2) is 51.0 Å². The van der Waals surface area contributed by atoms with E-state index in [1.165, 1.54) is 12.8 Å². The van der Waals surface area contributed by atoms with E-state index in [1.54, 1.807) is 7.11 Å². The number of carbonyl (C=O) groups is 1. The first-order valence-electron chi connectivity index (χ1n) is 8.93. The molecule has 1 aliphatic heterocycles. The van der Waals surface area contributed by atoms with Gasteiger partial charge in [0.05, 0.1) is 24.4 Å². The molecule has 1 N–H and O–H groups in total. The van der Waals surface area contributed by atoms with Crippen LogP contribution in [0.15, 0.2) is 6.07 Å².